The third-order valence-corrected chi connectivity index (χ3v) is 4.09. The van der Waals surface area contributed by atoms with E-state index in [9.17, 15) is 0 Å². The molecule has 0 bridgehead atoms. The van der Waals surface area contributed by atoms with Crippen LogP contribution in [0.25, 0.3) is 0 Å². The monoisotopic (exact) mass is 291 g/mol. The SMILES string of the molecule is CCOc1ccc(C(C)(C)CCNC2CC2)cc1OCC. The fraction of sp³-hybridized carbons (Fsp3) is 0.667. The molecule has 1 aromatic rings. The van der Waals surface area contributed by atoms with Crippen LogP contribution < -0.4 is 14.8 Å². The molecule has 1 aliphatic rings. The van der Waals surface area contributed by atoms with Gasteiger partial charge in [-0.1, -0.05) is 19.9 Å². The van der Waals surface area contributed by atoms with Crippen molar-refractivity contribution in [2.24, 2.45) is 0 Å². The van der Waals surface area contributed by atoms with Crippen LogP contribution in [0.5, 0.6) is 11.5 Å². The molecular weight excluding hydrogens is 262 g/mol. The van der Waals surface area contributed by atoms with Gasteiger partial charge in [-0.05, 0) is 62.8 Å². The second-order valence-corrected chi connectivity index (χ2v) is 6.39. The van der Waals surface area contributed by atoms with Crippen molar-refractivity contribution in [2.45, 2.75) is 58.4 Å². The molecule has 0 atom stereocenters. The van der Waals surface area contributed by atoms with Crippen LogP contribution >= 0.6 is 0 Å². The van der Waals surface area contributed by atoms with Gasteiger partial charge in [0.25, 0.3) is 0 Å². The smallest absolute Gasteiger partial charge is 0.161 e. The molecule has 1 aliphatic carbocycles. The molecule has 0 aliphatic heterocycles. The lowest BCUT2D eigenvalue weighted by Crippen LogP contribution is -2.26. The van der Waals surface area contributed by atoms with Crippen LogP contribution in [-0.2, 0) is 5.41 Å². The third-order valence-electron chi connectivity index (χ3n) is 4.09. The van der Waals surface area contributed by atoms with Gasteiger partial charge in [-0.3, -0.25) is 0 Å². The summed E-state index contributed by atoms with van der Waals surface area (Å²) in [6.45, 7) is 11.0. The summed E-state index contributed by atoms with van der Waals surface area (Å²) in [5.74, 6) is 1.70. The Balaban J connectivity index is 2.06. The highest BCUT2D eigenvalue weighted by molar-refractivity contribution is 5.45. The van der Waals surface area contributed by atoms with Gasteiger partial charge in [0.05, 0.1) is 13.2 Å². The first-order chi connectivity index (χ1) is 10.1. The number of hydrogen-bond acceptors (Lipinski definition) is 3. The highest BCUT2D eigenvalue weighted by atomic mass is 16.5. The molecule has 21 heavy (non-hydrogen) atoms. The first-order valence-electron chi connectivity index (χ1n) is 8.20. The summed E-state index contributed by atoms with van der Waals surface area (Å²) in [6, 6.07) is 7.14. The quantitative estimate of drug-likeness (QED) is 0.748. The summed E-state index contributed by atoms with van der Waals surface area (Å²) in [5.41, 5.74) is 1.45. The molecule has 118 valence electrons. The standard InChI is InChI=1S/C18H29NO2/c1-5-20-16-10-7-14(13-17(16)21-6-2)18(3,4)11-12-19-15-8-9-15/h7,10,13,15,19H,5-6,8-9,11-12H2,1-4H3. The van der Waals surface area contributed by atoms with E-state index in [0.717, 1.165) is 30.5 Å². The van der Waals surface area contributed by atoms with Gasteiger partial charge in [-0.15, -0.1) is 0 Å². The molecule has 0 spiro atoms. The van der Waals surface area contributed by atoms with E-state index in [0.29, 0.717) is 13.2 Å². The zero-order valence-electron chi connectivity index (χ0n) is 13.9. The average molecular weight is 291 g/mol. The second kappa shape index (κ2) is 7.17. The second-order valence-electron chi connectivity index (χ2n) is 6.39. The molecule has 0 radical (unpaired) electrons. The van der Waals surface area contributed by atoms with Gasteiger partial charge in [-0.2, -0.15) is 0 Å². The van der Waals surface area contributed by atoms with Gasteiger partial charge in [-0.25, -0.2) is 0 Å². The topological polar surface area (TPSA) is 30.5 Å². The van der Waals surface area contributed by atoms with Gasteiger partial charge >= 0.3 is 0 Å². The van der Waals surface area contributed by atoms with E-state index in [1.165, 1.54) is 18.4 Å². The number of ether oxygens (including phenoxy) is 2. The highest BCUT2D eigenvalue weighted by Crippen LogP contribution is 2.35. The Morgan fingerprint density at radius 3 is 2.38 bits per heavy atom. The van der Waals surface area contributed by atoms with Crippen molar-refractivity contribution < 1.29 is 9.47 Å². The zero-order chi connectivity index (χ0) is 15.3. The number of nitrogens with one attached hydrogen (secondary N) is 1. The normalized spacial score (nSPS) is 15.0. The minimum Gasteiger partial charge on any atom is -0.490 e. The first kappa shape index (κ1) is 16.2. The lowest BCUT2D eigenvalue weighted by molar-refractivity contribution is 0.286. The predicted octanol–water partition coefficient (Wildman–Crippen LogP) is 3.90. The van der Waals surface area contributed by atoms with Crippen LogP contribution in [0.2, 0.25) is 0 Å². The number of benzene rings is 1. The van der Waals surface area contributed by atoms with Gasteiger partial charge < -0.3 is 14.8 Å². The summed E-state index contributed by atoms with van der Waals surface area (Å²) >= 11 is 0. The fourth-order valence-corrected chi connectivity index (χ4v) is 2.49. The van der Waals surface area contributed by atoms with E-state index in [1.807, 2.05) is 19.9 Å². The Morgan fingerprint density at radius 2 is 1.76 bits per heavy atom. The minimum atomic E-state index is 0.137. The van der Waals surface area contributed by atoms with Crippen molar-refractivity contribution in [3.05, 3.63) is 23.8 Å². The van der Waals surface area contributed by atoms with Crippen LogP contribution in [0.15, 0.2) is 18.2 Å². The van der Waals surface area contributed by atoms with Gasteiger partial charge in [0.2, 0.25) is 0 Å². The average Bonchev–Trinajstić information content (AvgIpc) is 3.25. The third kappa shape index (κ3) is 4.63. The number of hydrogen-bond donors (Lipinski definition) is 1. The Bertz CT molecular complexity index is 453. The molecule has 2 rings (SSSR count). The fourth-order valence-electron chi connectivity index (χ4n) is 2.49. The minimum absolute atomic E-state index is 0.137. The molecule has 1 aromatic carbocycles. The van der Waals surface area contributed by atoms with Crippen LogP contribution in [0.1, 0.15) is 52.5 Å². The largest absolute Gasteiger partial charge is 0.490 e. The molecule has 1 saturated carbocycles. The summed E-state index contributed by atoms with van der Waals surface area (Å²) in [6.07, 6.45) is 3.82. The Kier molecular flexibility index (Phi) is 5.51. The van der Waals surface area contributed by atoms with E-state index in [1.54, 1.807) is 0 Å². The van der Waals surface area contributed by atoms with E-state index in [-0.39, 0.29) is 5.41 Å². The molecule has 0 unspecified atom stereocenters. The van der Waals surface area contributed by atoms with Crippen molar-refractivity contribution in [1.82, 2.24) is 5.32 Å². The lowest BCUT2D eigenvalue weighted by Gasteiger charge is -2.26. The van der Waals surface area contributed by atoms with Gasteiger partial charge in [0, 0.05) is 6.04 Å². The maximum Gasteiger partial charge on any atom is 0.161 e. The number of rotatable bonds is 9. The van der Waals surface area contributed by atoms with E-state index < -0.39 is 0 Å². The van der Waals surface area contributed by atoms with Gasteiger partial charge in [0.15, 0.2) is 11.5 Å². The first-order valence-corrected chi connectivity index (χ1v) is 8.20. The van der Waals surface area contributed by atoms with Crippen molar-refractivity contribution in [2.75, 3.05) is 19.8 Å². The Morgan fingerprint density at radius 1 is 1.10 bits per heavy atom. The maximum absolute atomic E-state index is 5.74. The zero-order valence-corrected chi connectivity index (χ0v) is 13.9. The van der Waals surface area contributed by atoms with Crippen molar-refractivity contribution in [3.63, 3.8) is 0 Å². The van der Waals surface area contributed by atoms with E-state index in [4.69, 9.17) is 9.47 Å². The molecule has 1 N–H and O–H groups in total. The van der Waals surface area contributed by atoms with Gasteiger partial charge in [0.1, 0.15) is 0 Å². The highest BCUT2D eigenvalue weighted by Gasteiger charge is 2.25. The summed E-state index contributed by atoms with van der Waals surface area (Å²) in [5, 5.41) is 3.60. The van der Waals surface area contributed by atoms with Crippen LogP contribution in [0, 0.1) is 0 Å². The summed E-state index contributed by atoms with van der Waals surface area (Å²) in [4.78, 5) is 0. The summed E-state index contributed by atoms with van der Waals surface area (Å²) in [7, 11) is 0. The summed E-state index contributed by atoms with van der Waals surface area (Å²) < 4.78 is 11.4. The van der Waals surface area contributed by atoms with Crippen molar-refractivity contribution >= 4 is 0 Å². The van der Waals surface area contributed by atoms with Crippen LogP contribution in [0.4, 0.5) is 0 Å². The van der Waals surface area contributed by atoms with E-state index >= 15 is 0 Å². The van der Waals surface area contributed by atoms with Crippen LogP contribution in [0.3, 0.4) is 0 Å². The van der Waals surface area contributed by atoms with Crippen molar-refractivity contribution in [3.8, 4) is 11.5 Å². The maximum atomic E-state index is 5.74. The molecular formula is C18H29NO2. The molecule has 0 saturated heterocycles. The lowest BCUT2D eigenvalue weighted by atomic mass is 9.81. The Labute approximate surface area is 129 Å². The molecule has 0 amide bonds. The van der Waals surface area contributed by atoms with E-state index in [2.05, 4.69) is 31.3 Å². The molecule has 3 nitrogen and oxygen atoms in total. The molecule has 1 fully saturated rings. The van der Waals surface area contributed by atoms with Crippen molar-refractivity contribution in [1.29, 1.82) is 0 Å². The van der Waals surface area contributed by atoms with Crippen LogP contribution in [-0.4, -0.2) is 25.8 Å². The molecule has 0 heterocycles. The molecule has 3 heteroatoms. The Hall–Kier alpha value is -1.22. The molecule has 0 aromatic heterocycles. The predicted molar refractivity (Wildman–Crippen MR) is 87.4 cm³/mol.